The molecule has 8 aromatic carbocycles. The van der Waals surface area contributed by atoms with Crippen molar-refractivity contribution in [3.8, 4) is 45.3 Å². The highest BCUT2D eigenvalue weighted by molar-refractivity contribution is 6.26. The van der Waals surface area contributed by atoms with Gasteiger partial charge in [0.1, 0.15) is 0 Å². The van der Waals surface area contributed by atoms with Gasteiger partial charge in [0.2, 0.25) is 0 Å². The molecule has 0 bridgehead atoms. The van der Waals surface area contributed by atoms with Crippen molar-refractivity contribution in [2.45, 2.75) is 0 Å². The number of rotatable bonds is 4. The smallest absolute Gasteiger partial charge is 0.164 e. The van der Waals surface area contributed by atoms with E-state index < -0.39 is 0 Å². The van der Waals surface area contributed by atoms with E-state index in [-0.39, 0.29) is 0 Å². The molecule has 10 aromatic rings. The summed E-state index contributed by atoms with van der Waals surface area (Å²) in [5.41, 5.74) is 4.99. The van der Waals surface area contributed by atoms with Crippen molar-refractivity contribution in [3.05, 3.63) is 194 Å². The topological polar surface area (TPSA) is 51.6 Å². The molecule has 0 saturated heterocycles. The molecule has 0 aliphatic rings. The van der Waals surface area contributed by atoms with Crippen LogP contribution in [0.5, 0.6) is 0 Å². The maximum absolute atomic E-state index is 5.16. The third-order valence-corrected chi connectivity index (χ3v) is 10.3. The van der Waals surface area contributed by atoms with Crippen LogP contribution in [0.3, 0.4) is 0 Å². The Bertz CT molecular complexity index is 3010. The number of hydrogen-bond donors (Lipinski definition) is 0. The summed E-state index contributed by atoms with van der Waals surface area (Å²) in [4.78, 5) is 19.5. The number of hydrogen-bond acceptors (Lipinski definition) is 4. The van der Waals surface area contributed by atoms with Gasteiger partial charge in [0.25, 0.3) is 0 Å². The molecule has 2 aromatic heterocycles. The first-order chi connectivity index (χ1) is 26.8. The number of fused-ring (bicyclic) bond motifs is 10. The molecular weight excluding hydrogens is 657 g/mol. The Kier molecular flexibility index (Phi) is 7.77. The van der Waals surface area contributed by atoms with Crippen LogP contribution in [-0.4, -0.2) is 19.9 Å². The lowest BCUT2D eigenvalue weighted by atomic mass is 9.94. The third-order valence-electron chi connectivity index (χ3n) is 10.3. The van der Waals surface area contributed by atoms with Gasteiger partial charge in [-0.2, -0.15) is 0 Å². The summed E-state index contributed by atoms with van der Waals surface area (Å²) in [6.45, 7) is 0. The molecule has 0 radical (unpaired) electrons. The Morgan fingerprint density at radius 3 is 1.00 bits per heavy atom. The monoisotopic (exact) mass is 688 g/mol. The number of pyridine rings is 1. The maximum Gasteiger partial charge on any atom is 0.164 e. The molecule has 0 aliphatic carbocycles. The molecule has 0 atom stereocenters. The molecule has 0 unspecified atom stereocenters. The standard InChI is InChI=1S/C50H32N4/c1-2-12-35(13-3-1)48-52-49(36-24-22-33(23-25-36)34-28-30-51-31-29-34)54-50(53-48)37-26-27-46-44-20-9-8-18-42(44)40-16-5-4-14-38(40)39-15-6-7-17-41(39)43-19-10-11-21-45(43)47(46)32-37/h1-32H. The Morgan fingerprint density at radius 2 is 0.537 bits per heavy atom. The van der Waals surface area contributed by atoms with E-state index in [4.69, 9.17) is 15.0 Å². The second-order valence-corrected chi connectivity index (χ2v) is 13.4. The minimum Gasteiger partial charge on any atom is -0.265 e. The Balaban J connectivity index is 1.28. The summed E-state index contributed by atoms with van der Waals surface area (Å²) in [5, 5.41) is 11.8. The minimum atomic E-state index is 0.619. The van der Waals surface area contributed by atoms with Crippen molar-refractivity contribution < 1.29 is 0 Å². The fourth-order valence-electron chi connectivity index (χ4n) is 7.66. The predicted octanol–water partition coefficient (Wildman–Crippen LogP) is 12.8. The van der Waals surface area contributed by atoms with Gasteiger partial charge in [0.05, 0.1) is 0 Å². The van der Waals surface area contributed by atoms with Crippen LogP contribution in [0.4, 0.5) is 0 Å². The Morgan fingerprint density at radius 1 is 0.222 bits per heavy atom. The summed E-state index contributed by atoms with van der Waals surface area (Å²) in [7, 11) is 0. The van der Waals surface area contributed by atoms with Gasteiger partial charge in [-0.15, -0.1) is 0 Å². The predicted molar refractivity (Wildman–Crippen MR) is 225 cm³/mol. The van der Waals surface area contributed by atoms with E-state index in [1.807, 2.05) is 54.9 Å². The number of aromatic nitrogens is 4. The van der Waals surface area contributed by atoms with Gasteiger partial charge in [0.15, 0.2) is 17.5 Å². The van der Waals surface area contributed by atoms with Crippen LogP contribution in [0.15, 0.2) is 194 Å². The summed E-state index contributed by atoms with van der Waals surface area (Å²) in [5.74, 6) is 1.87. The molecule has 10 rings (SSSR count). The zero-order chi connectivity index (χ0) is 35.8. The lowest BCUT2D eigenvalue weighted by Gasteiger charge is -2.12. The molecule has 0 fully saturated rings. The van der Waals surface area contributed by atoms with Crippen molar-refractivity contribution >= 4 is 53.9 Å². The Hall–Kier alpha value is -7.30. The first-order valence-electron chi connectivity index (χ1n) is 18.1. The van der Waals surface area contributed by atoms with E-state index in [9.17, 15) is 0 Å². The molecule has 54 heavy (non-hydrogen) atoms. The molecule has 0 aliphatic heterocycles. The SMILES string of the molecule is c1ccc(-c2nc(-c3ccc(-c4ccncc4)cc3)nc(-c3ccc4c5ccccc5c5ccccc5c5ccccc5c5ccccc5c4c3)n2)cc1. The first kappa shape index (κ1) is 31.4. The summed E-state index contributed by atoms with van der Waals surface area (Å²) < 4.78 is 0. The van der Waals surface area contributed by atoms with Crippen molar-refractivity contribution in [1.82, 2.24) is 19.9 Å². The van der Waals surface area contributed by atoms with Gasteiger partial charge in [-0.05, 0) is 83.2 Å². The van der Waals surface area contributed by atoms with Gasteiger partial charge in [0, 0.05) is 29.1 Å². The van der Waals surface area contributed by atoms with Crippen molar-refractivity contribution in [1.29, 1.82) is 0 Å². The van der Waals surface area contributed by atoms with Crippen molar-refractivity contribution in [3.63, 3.8) is 0 Å². The van der Waals surface area contributed by atoms with Crippen LogP contribution < -0.4 is 0 Å². The molecule has 252 valence electrons. The highest BCUT2D eigenvalue weighted by atomic mass is 15.0. The van der Waals surface area contributed by atoms with E-state index in [0.717, 1.165) is 44.0 Å². The third kappa shape index (κ3) is 5.58. The van der Waals surface area contributed by atoms with Crippen LogP contribution in [0.25, 0.3) is 99.2 Å². The zero-order valence-corrected chi connectivity index (χ0v) is 29.3. The highest BCUT2D eigenvalue weighted by Gasteiger charge is 2.15. The van der Waals surface area contributed by atoms with Crippen LogP contribution >= 0.6 is 0 Å². The average Bonchev–Trinajstić information content (AvgIpc) is 3.26. The van der Waals surface area contributed by atoms with Gasteiger partial charge < -0.3 is 0 Å². The lowest BCUT2D eigenvalue weighted by Crippen LogP contribution is -2.00. The zero-order valence-electron chi connectivity index (χ0n) is 29.3. The molecule has 0 saturated carbocycles. The molecular formula is C50H32N4. The van der Waals surface area contributed by atoms with Gasteiger partial charge in [-0.3, -0.25) is 4.98 Å². The normalized spacial score (nSPS) is 11.3. The van der Waals surface area contributed by atoms with E-state index in [2.05, 4.69) is 145 Å². The fraction of sp³-hybridized carbons (Fsp3) is 0. The largest absolute Gasteiger partial charge is 0.265 e. The molecule has 2 heterocycles. The Labute approximate surface area is 312 Å². The highest BCUT2D eigenvalue weighted by Crippen LogP contribution is 2.37. The number of nitrogens with zero attached hydrogens (tertiary/aromatic N) is 4. The van der Waals surface area contributed by atoms with Gasteiger partial charge in [-0.1, -0.05) is 164 Å². The number of benzene rings is 7. The second kappa shape index (κ2) is 13.4. The van der Waals surface area contributed by atoms with Crippen LogP contribution in [-0.2, 0) is 0 Å². The van der Waals surface area contributed by atoms with E-state index in [1.54, 1.807) is 0 Å². The molecule has 0 N–H and O–H groups in total. The van der Waals surface area contributed by atoms with Crippen LogP contribution in [0.2, 0.25) is 0 Å². The van der Waals surface area contributed by atoms with Gasteiger partial charge >= 0.3 is 0 Å². The molecule has 0 amide bonds. The lowest BCUT2D eigenvalue weighted by molar-refractivity contribution is 1.07. The van der Waals surface area contributed by atoms with E-state index in [1.165, 1.54) is 37.7 Å². The van der Waals surface area contributed by atoms with Gasteiger partial charge in [-0.25, -0.2) is 15.0 Å². The van der Waals surface area contributed by atoms with Crippen LogP contribution in [0, 0.1) is 0 Å². The van der Waals surface area contributed by atoms with E-state index in [0.29, 0.717) is 17.5 Å². The summed E-state index contributed by atoms with van der Waals surface area (Å²) in [6, 6.07) is 64.2. The summed E-state index contributed by atoms with van der Waals surface area (Å²) in [6.07, 6.45) is 3.63. The summed E-state index contributed by atoms with van der Waals surface area (Å²) >= 11 is 0. The maximum atomic E-state index is 5.16. The minimum absolute atomic E-state index is 0.619. The first-order valence-corrected chi connectivity index (χ1v) is 18.1. The van der Waals surface area contributed by atoms with Crippen molar-refractivity contribution in [2.75, 3.05) is 0 Å². The molecule has 4 heteroatoms. The quantitative estimate of drug-likeness (QED) is 0.185. The van der Waals surface area contributed by atoms with Crippen LogP contribution in [0.1, 0.15) is 0 Å². The second-order valence-electron chi connectivity index (χ2n) is 13.4. The average molecular weight is 689 g/mol. The molecule has 0 spiro atoms. The molecule has 4 nitrogen and oxygen atoms in total. The fourth-order valence-corrected chi connectivity index (χ4v) is 7.66. The van der Waals surface area contributed by atoms with Crippen molar-refractivity contribution in [2.24, 2.45) is 0 Å². The van der Waals surface area contributed by atoms with E-state index >= 15 is 0 Å².